The van der Waals surface area contributed by atoms with E-state index in [1.54, 1.807) is 18.2 Å². The van der Waals surface area contributed by atoms with Crippen molar-refractivity contribution in [2.24, 2.45) is 5.90 Å². The highest BCUT2D eigenvalue weighted by Crippen LogP contribution is 2.17. The molecule has 0 spiro atoms. The molecule has 76 valence electrons. The lowest BCUT2D eigenvalue weighted by atomic mass is 10.2. The minimum Gasteiger partial charge on any atom is -0.460 e. The molecule has 0 aromatic heterocycles. The van der Waals surface area contributed by atoms with Crippen LogP contribution in [0.1, 0.15) is 10.4 Å². The molecule has 0 aliphatic rings. The van der Waals surface area contributed by atoms with Crippen LogP contribution in [-0.4, -0.2) is 24.3 Å². The number of aliphatic hydroxyl groups is 1. The highest BCUT2D eigenvalue weighted by atomic mass is 16.6. The fourth-order valence-electron chi connectivity index (χ4n) is 0.954. The maximum absolute atomic E-state index is 11.3. The molecule has 0 saturated heterocycles. The molecule has 0 amide bonds. The van der Waals surface area contributed by atoms with Gasteiger partial charge in [0.15, 0.2) is 5.75 Å². The summed E-state index contributed by atoms with van der Waals surface area (Å²) in [7, 11) is 0. The SMILES string of the molecule is NOc1ccccc1C(=O)OCCO. The van der Waals surface area contributed by atoms with Crippen molar-refractivity contribution in [2.45, 2.75) is 0 Å². The van der Waals surface area contributed by atoms with Gasteiger partial charge in [0.2, 0.25) is 0 Å². The van der Waals surface area contributed by atoms with E-state index < -0.39 is 5.97 Å². The molecule has 0 aliphatic heterocycles. The number of rotatable bonds is 4. The Hall–Kier alpha value is -1.59. The summed E-state index contributed by atoms with van der Waals surface area (Å²) in [5, 5.41) is 8.46. The average Bonchev–Trinajstić information content (AvgIpc) is 2.25. The van der Waals surface area contributed by atoms with Crippen LogP contribution in [0.15, 0.2) is 24.3 Å². The highest BCUT2D eigenvalue weighted by molar-refractivity contribution is 5.92. The topological polar surface area (TPSA) is 81.8 Å². The average molecular weight is 197 g/mol. The minimum absolute atomic E-state index is 0.0439. The molecule has 1 aromatic rings. The summed E-state index contributed by atoms with van der Waals surface area (Å²) >= 11 is 0. The normalized spacial score (nSPS) is 9.57. The monoisotopic (exact) mass is 197 g/mol. The minimum atomic E-state index is -0.569. The zero-order valence-corrected chi connectivity index (χ0v) is 7.47. The van der Waals surface area contributed by atoms with Crippen molar-refractivity contribution in [3.05, 3.63) is 29.8 Å². The predicted octanol–water partition coefficient (Wildman–Crippen LogP) is 0.0882. The summed E-state index contributed by atoms with van der Waals surface area (Å²) in [6, 6.07) is 6.43. The van der Waals surface area contributed by atoms with Gasteiger partial charge in [-0.15, -0.1) is 0 Å². The van der Waals surface area contributed by atoms with Gasteiger partial charge < -0.3 is 14.7 Å². The smallest absolute Gasteiger partial charge is 0.342 e. The molecule has 3 N–H and O–H groups in total. The van der Waals surface area contributed by atoms with E-state index >= 15 is 0 Å². The van der Waals surface area contributed by atoms with Crippen LogP contribution in [0.5, 0.6) is 5.75 Å². The number of hydrogen-bond donors (Lipinski definition) is 2. The third kappa shape index (κ3) is 2.45. The first-order chi connectivity index (χ1) is 6.79. The molecule has 1 rings (SSSR count). The Labute approximate surface area is 81.0 Å². The molecular weight excluding hydrogens is 186 g/mol. The highest BCUT2D eigenvalue weighted by Gasteiger charge is 2.12. The van der Waals surface area contributed by atoms with Crippen molar-refractivity contribution >= 4 is 5.97 Å². The second-order valence-corrected chi connectivity index (χ2v) is 2.47. The fraction of sp³-hybridized carbons (Fsp3) is 0.222. The standard InChI is InChI=1S/C9H11NO4/c10-14-8-4-2-1-3-7(8)9(12)13-6-5-11/h1-4,11H,5-6,10H2. The van der Waals surface area contributed by atoms with Gasteiger partial charge in [-0.1, -0.05) is 12.1 Å². The van der Waals surface area contributed by atoms with Crippen molar-refractivity contribution in [3.63, 3.8) is 0 Å². The van der Waals surface area contributed by atoms with E-state index in [0.717, 1.165) is 0 Å². The predicted molar refractivity (Wildman–Crippen MR) is 48.6 cm³/mol. The molecule has 5 heteroatoms. The van der Waals surface area contributed by atoms with Gasteiger partial charge in [0.05, 0.1) is 6.61 Å². The summed E-state index contributed by atoms with van der Waals surface area (Å²) in [6.45, 7) is -0.255. The number of carbonyl (C=O) groups excluding carboxylic acids is 1. The third-order valence-electron chi connectivity index (χ3n) is 1.56. The molecule has 0 heterocycles. The summed E-state index contributed by atoms with van der Waals surface area (Å²) in [5.41, 5.74) is 0.239. The number of benzene rings is 1. The van der Waals surface area contributed by atoms with Gasteiger partial charge in [0, 0.05) is 0 Å². The van der Waals surface area contributed by atoms with Gasteiger partial charge in [-0.2, -0.15) is 5.90 Å². The van der Waals surface area contributed by atoms with E-state index in [-0.39, 0.29) is 24.5 Å². The number of esters is 1. The summed E-state index contributed by atoms with van der Waals surface area (Å²) in [5.74, 6) is 4.64. The van der Waals surface area contributed by atoms with Gasteiger partial charge in [0.1, 0.15) is 12.2 Å². The van der Waals surface area contributed by atoms with Crippen LogP contribution in [0.2, 0.25) is 0 Å². The molecule has 0 unspecified atom stereocenters. The molecule has 1 aromatic carbocycles. The first-order valence-corrected chi connectivity index (χ1v) is 4.03. The van der Waals surface area contributed by atoms with Crippen LogP contribution in [0.3, 0.4) is 0 Å². The molecule has 14 heavy (non-hydrogen) atoms. The number of ether oxygens (including phenoxy) is 1. The third-order valence-corrected chi connectivity index (χ3v) is 1.56. The Kier molecular flexibility index (Phi) is 3.90. The van der Waals surface area contributed by atoms with E-state index in [9.17, 15) is 4.79 Å². The van der Waals surface area contributed by atoms with Gasteiger partial charge in [-0.05, 0) is 12.1 Å². The van der Waals surface area contributed by atoms with Crippen LogP contribution in [0.25, 0.3) is 0 Å². The molecule has 0 aliphatic carbocycles. The van der Waals surface area contributed by atoms with E-state index in [1.807, 2.05) is 0 Å². The summed E-state index contributed by atoms with van der Waals surface area (Å²) in [4.78, 5) is 15.8. The van der Waals surface area contributed by atoms with Crippen LogP contribution in [0.4, 0.5) is 0 Å². The second-order valence-electron chi connectivity index (χ2n) is 2.47. The van der Waals surface area contributed by atoms with Crippen LogP contribution in [0, 0.1) is 0 Å². The maximum atomic E-state index is 11.3. The Morgan fingerprint density at radius 2 is 2.14 bits per heavy atom. The first-order valence-electron chi connectivity index (χ1n) is 4.03. The Morgan fingerprint density at radius 3 is 2.79 bits per heavy atom. The number of hydrogen-bond acceptors (Lipinski definition) is 5. The molecule has 0 radical (unpaired) electrons. The van der Waals surface area contributed by atoms with Crippen molar-refractivity contribution in [3.8, 4) is 5.75 Å². The lowest BCUT2D eigenvalue weighted by Crippen LogP contribution is -2.12. The first kappa shape index (κ1) is 10.5. The molecule has 0 atom stereocenters. The lowest BCUT2D eigenvalue weighted by Gasteiger charge is -2.06. The van der Waals surface area contributed by atoms with Crippen LogP contribution < -0.4 is 10.7 Å². The van der Waals surface area contributed by atoms with Gasteiger partial charge in [-0.3, -0.25) is 0 Å². The zero-order valence-electron chi connectivity index (χ0n) is 7.47. The van der Waals surface area contributed by atoms with E-state index in [0.29, 0.717) is 0 Å². The Balaban J connectivity index is 2.78. The molecule has 5 nitrogen and oxygen atoms in total. The lowest BCUT2D eigenvalue weighted by molar-refractivity contribution is 0.0429. The van der Waals surface area contributed by atoms with Crippen molar-refractivity contribution < 1.29 is 19.5 Å². The van der Waals surface area contributed by atoms with Gasteiger partial charge >= 0.3 is 5.97 Å². The number of aliphatic hydroxyl groups excluding tert-OH is 1. The number of carbonyl (C=O) groups is 1. The largest absolute Gasteiger partial charge is 0.460 e. The van der Waals surface area contributed by atoms with Crippen LogP contribution >= 0.6 is 0 Å². The van der Waals surface area contributed by atoms with E-state index in [1.165, 1.54) is 6.07 Å². The second kappa shape index (κ2) is 5.21. The van der Waals surface area contributed by atoms with Crippen LogP contribution in [-0.2, 0) is 4.74 Å². The van der Waals surface area contributed by atoms with Gasteiger partial charge in [0.25, 0.3) is 0 Å². The number of nitrogens with two attached hydrogens (primary N) is 1. The maximum Gasteiger partial charge on any atom is 0.342 e. The Bertz CT molecular complexity index is 313. The summed E-state index contributed by atoms with van der Waals surface area (Å²) in [6.07, 6.45) is 0. The summed E-state index contributed by atoms with van der Waals surface area (Å²) < 4.78 is 4.70. The van der Waals surface area contributed by atoms with E-state index in [4.69, 9.17) is 15.7 Å². The zero-order chi connectivity index (χ0) is 10.4. The molecular formula is C9H11NO4. The molecule has 0 fully saturated rings. The van der Waals surface area contributed by atoms with Crippen molar-refractivity contribution in [1.82, 2.24) is 0 Å². The molecule has 0 saturated carbocycles. The van der Waals surface area contributed by atoms with Gasteiger partial charge in [-0.25, -0.2) is 4.79 Å². The van der Waals surface area contributed by atoms with Crippen molar-refractivity contribution in [2.75, 3.05) is 13.2 Å². The number of para-hydroxylation sites is 1. The quantitative estimate of drug-likeness (QED) is 0.528. The fourth-order valence-corrected chi connectivity index (χ4v) is 0.954. The van der Waals surface area contributed by atoms with E-state index in [2.05, 4.69) is 4.84 Å². The van der Waals surface area contributed by atoms with Crippen molar-refractivity contribution in [1.29, 1.82) is 0 Å². The molecule has 0 bridgehead atoms. The Morgan fingerprint density at radius 1 is 1.43 bits per heavy atom.